The van der Waals surface area contributed by atoms with Crippen LogP contribution in [0.4, 0.5) is 0 Å². The van der Waals surface area contributed by atoms with Crippen LogP contribution in [0.5, 0.6) is 0 Å². The van der Waals surface area contributed by atoms with Gasteiger partial charge in [-0.05, 0) is 20.3 Å². The molecular weight excluding hydrogens is 156 g/mol. The Balaban J connectivity index is 3.86. The largest absolute Gasteiger partial charge is 0.343 e. The zero-order valence-electron chi connectivity index (χ0n) is 8.46. The normalized spacial score (nSPS) is 16.5. The molecule has 0 fully saturated rings. The van der Waals surface area contributed by atoms with Crippen molar-refractivity contribution in [3.8, 4) is 0 Å². The summed E-state index contributed by atoms with van der Waals surface area (Å²) in [6.45, 7) is 8.09. The lowest BCUT2D eigenvalue weighted by Crippen LogP contribution is -2.37. The molecule has 3 heteroatoms. The van der Waals surface area contributed by atoms with Crippen LogP contribution in [0.2, 0.25) is 0 Å². The van der Waals surface area contributed by atoms with E-state index in [4.69, 9.17) is 9.47 Å². The summed E-state index contributed by atoms with van der Waals surface area (Å²) in [5, 5.41) is 9.68. The standard InChI is InChI=1S/C9H20O3/c1-5-7-11-9(10,6-2)12-8(3)4/h8,10H,5-7H2,1-4H3. The van der Waals surface area contributed by atoms with Gasteiger partial charge in [0, 0.05) is 6.42 Å². The van der Waals surface area contributed by atoms with Crippen LogP contribution in [0.15, 0.2) is 0 Å². The zero-order chi connectivity index (χ0) is 9.61. The van der Waals surface area contributed by atoms with Crippen LogP contribution in [-0.4, -0.2) is 23.8 Å². The summed E-state index contributed by atoms with van der Waals surface area (Å²) < 4.78 is 10.4. The first-order chi connectivity index (χ1) is 5.54. The molecule has 0 saturated carbocycles. The van der Waals surface area contributed by atoms with Crippen LogP contribution < -0.4 is 0 Å². The van der Waals surface area contributed by atoms with Gasteiger partial charge >= 0.3 is 0 Å². The molecule has 0 bridgehead atoms. The third kappa shape index (κ3) is 4.70. The number of rotatable bonds is 6. The summed E-state index contributed by atoms with van der Waals surface area (Å²) in [5.74, 6) is -1.38. The van der Waals surface area contributed by atoms with Crippen molar-refractivity contribution in [1.82, 2.24) is 0 Å². The predicted molar refractivity (Wildman–Crippen MR) is 47.7 cm³/mol. The molecule has 0 aromatic carbocycles. The van der Waals surface area contributed by atoms with E-state index in [1.807, 2.05) is 27.7 Å². The molecule has 12 heavy (non-hydrogen) atoms. The number of ether oxygens (including phenoxy) is 2. The van der Waals surface area contributed by atoms with Crippen molar-refractivity contribution in [3.05, 3.63) is 0 Å². The van der Waals surface area contributed by atoms with Crippen LogP contribution in [0.3, 0.4) is 0 Å². The summed E-state index contributed by atoms with van der Waals surface area (Å²) in [6.07, 6.45) is 1.31. The van der Waals surface area contributed by atoms with Crippen molar-refractivity contribution in [3.63, 3.8) is 0 Å². The van der Waals surface area contributed by atoms with Gasteiger partial charge in [-0.15, -0.1) is 0 Å². The number of hydrogen-bond donors (Lipinski definition) is 1. The zero-order valence-corrected chi connectivity index (χ0v) is 8.46. The van der Waals surface area contributed by atoms with Gasteiger partial charge in [-0.2, -0.15) is 0 Å². The first kappa shape index (κ1) is 11.9. The number of aliphatic hydroxyl groups is 1. The second-order valence-electron chi connectivity index (χ2n) is 3.08. The fourth-order valence-electron chi connectivity index (χ4n) is 0.849. The van der Waals surface area contributed by atoms with E-state index in [2.05, 4.69) is 0 Å². The molecule has 0 amide bonds. The van der Waals surface area contributed by atoms with Gasteiger partial charge in [-0.1, -0.05) is 13.8 Å². The topological polar surface area (TPSA) is 38.7 Å². The predicted octanol–water partition coefficient (Wildman–Crippen LogP) is 1.89. The van der Waals surface area contributed by atoms with E-state index in [-0.39, 0.29) is 6.10 Å². The number of hydrogen-bond acceptors (Lipinski definition) is 3. The second-order valence-corrected chi connectivity index (χ2v) is 3.08. The molecule has 0 aliphatic heterocycles. The molecule has 0 spiro atoms. The van der Waals surface area contributed by atoms with Gasteiger partial charge in [0.1, 0.15) is 0 Å². The first-order valence-electron chi connectivity index (χ1n) is 4.58. The Bertz CT molecular complexity index is 114. The van der Waals surface area contributed by atoms with Gasteiger partial charge in [0.15, 0.2) is 0 Å². The van der Waals surface area contributed by atoms with E-state index >= 15 is 0 Å². The molecule has 0 saturated heterocycles. The molecule has 1 N–H and O–H groups in total. The minimum atomic E-state index is -1.38. The summed E-state index contributed by atoms with van der Waals surface area (Å²) in [7, 11) is 0. The maximum absolute atomic E-state index is 9.68. The van der Waals surface area contributed by atoms with Crippen molar-refractivity contribution in [1.29, 1.82) is 0 Å². The Labute approximate surface area is 74.7 Å². The molecule has 3 nitrogen and oxygen atoms in total. The SMILES string of the molecule is CCCOC(O)(CC)OC(C)C. The fraction of sp³-hybridized carbons (Fsp3) is 1.00. The van der Waals surface area contributed by atoms with Crippen molar-refractivity contribution in [2.24, 2.45) is 0 Å². The molecule has 1 atom stereocenters. The van der Waals surface area contributed by atoms with Gasteiger partial charge in [0.05, 0.1) is 12.7 Å². The molecule has 0 radical (unpaired) electrons. The summed E-state index contributed by atoms with van der Waals surface area (Å²) >= 11 is 0. The molecule has 0 aliphatic carbocycles. The Morgan fingerprint density at radius 1 is 1.33 bits per heavy atom. The van der Waals surface area contributed by atoms with Crippen molar-refractivity contribution in [2.75, 3.05) is 6.61 Å². The van der Waals surface area contributed by atoms with E-state index in [1.54, 1.807) is 0 Å². The summed E-state index contributed by atoms with van der Waals surface area (Å²) in [6, 6.07) is 0. The maximum atomic E-state index is 9.68. The molecule has 0 aromatic heterocycles. The lowest BCUT2D eigenvalue weighted by atomic mass is 10.4. The van der Waals surface area contributed by atoms with Crippen LogP contribution >= 0.6 is 0 Å². The smallest absolute Gasteiger partial charge is 0.280 e. The fourth-order valence-corrected chi connectivity index (χ4v) is 0.849. The Morgan fingerprint density at radius 2 is 1.92 bits per heavy atom. The van der Waals surface area contributed by atoms with E-state index < -0.39 is 5.97 Å². The quantitative estimate of drug-likeness (QED) is 0.628. The third-order valence-corrected chi connectivity index (χ3v) is 1.40. The second kappa shape index (κ2) is 5.51. The maximum Gasteiger partial charge on any atom is 0.280 e. The van der Waals surface area contributed by atoms with Crippen LogP contribution in [0.1, 0.15) is 40.5 Å². The van der Waals surface area contributed by atoms with Crippen molar-refractivity contribution < 1.29 is 14.6 Å². The first-order valence-corrected chi connectivity index (χ1v) is 4.58. The van der Waals surface area contributed by atoms with E-state index in [0.717, 1.165) is 6.42 Å². The third-order valence-electron chi connectivity index (χ3n) is 1.40. The van der Waals surface area contributed by atoms with Crippen molar-refractivity contribution in [2.45, 2.75) is 52.6 Å². The monoisotopic (exact) mass is 176 g/mol. The van der Waals surface area contributed by atoms with Crippen LogP contribution in [0.25, 0.3) is 0 Å². The van der Waals surface area contributed by atoms with E-state index in [0.29, 0.717) is 13.0 Å². The highest BCUT2D eigenvalue weighted by atomic mass is 16.8. The molecule has 0 aliphatic rings. The Hall–Kier alpha value is -0.120. The van der Waals surface area contributed by atoms with Gasteiger partial charge < -0.3 is 14.6 Å². The highest BCUT2D eigenvalue weighted by molar-refractivity contribution is 4.52. The summed E-state index contributed by atoms with van der Waals surface area (Å²) in [4.78, 5) is 0. The van der Waals surface area contributed by atoms with Crippen molar-refractivity contribution >= 4 is 0 Å². The molecule has 1 unspecified atom stereocenters. The molecule has 0 heterocycles. The average Bonchev–Trinajstić information content (AvgIpc) is 2.00. The lowest BCUT2D eigenvalue weighted by molar-refractivity contribution is -0.372. The highest BCUT2D eigenvalue weighted by Crippen LogP contribution is 2.16. The van der Waals surface area contributed by atoms with Crippen LogP contribution in [-0.2, 0) is 9.47 Å². The molecular formula is C9H20O3. The summed E-state index contributed by atoms with van der Waals surface area (Å²) in [5.41, 5.74) is 0. The van der Waals surface area contributed by atoms with Gasteiger partial charge in [0.25, 0.3) is 5.97 Å². The van der Waals surface area contributed by atoms with Crippen LogP contribution in [0, 0.1) is 0 Å². The van der Waals surface area contributed by atoms with Gasteiger partial charge in [0.2, 0.25) is 0 Å². The highest BCUT2D eigenvalue weighted by Gasteiger charge is 2.27. The molecule has 0 rings (SSSR count). The molecule has 74 valence electrons. The Morgan fingerprint density at radius 3 is 2.25 bits per heavy atom. The van der Waals surface area contributed by atoms with Gasteiger partial charge in [-0.3, -0.25) is 0 Å². The van der Waals surface area contributed by atoms with Gasteiger partial charge in [-0.25, -0.2) is 0 Å². The van der Waals surface area contributed by atoms with E-state index in [1.165, 1.54) is 0 Å². The molecule has 0 aromatic rings. The minimum Gasteiger partial charge on any atom is -0.343 e. The lowest BCUT2D eigenvalue weighted by Gasteiger charge is -2.28. The Kier molecular flexibility index (Phi) is 5.46. The van der Waals surface area contributed by atoms with E-state index in [9.17, 15) is 5.11 Å². The minimum absolute atomic E-state index is 0.0215. The average molecular weight is 176 g/mol.